The third kappa shape index (κ3) is 5.51. The number of amides is 1. The van der Waals surface area contributed by atoms with E-state index in [1.807, 2.05) is 29.2 Å². The van der Waals surface area contributed by atoms with E-state index in [2.05, 4.69) is 29.4 Å². The number of nitrogens with one attached hydrogen (secondary N) is 1. The zero-order valence-electron chi connectivity index (χ0n) is 17.8. The number of benzene rings is 2. The molecular formula is C23H30N3O4+. The summed E-state index contributed by atoms with van der Waals surface area (Å²) in [5.74, 6) is 1.15. The minimum Gasteiger partial charge on any atom is -0.493 e. The van der Waals surface area contributed by atoms with Crippen LogP contribution < -0.4 is 14.4 Å². The van der Waals surface area contributed by atoms with Gasteiger partial charge in [-0.05, 0) is 19.1 Å². The van der Waals surface area contributed by atoms with Gasteiger partial charge in [0.2, 0.25) is 6.10 Å². The van der Waals surface area contributed by atoms with E-state index in [0.29, 0.717) is 11.5 Å². The van der Waals surface area contributed by atoms with Crippen molar-refractivity contribution in [2.24, 2.45) is 5.16 Å². The normalized spacial score (nSPS) is 15.8. The van der Waals surface area contributed by atoms with Gasteiger partial charge >= 0.3 is 0 Å². The van der Waals surface area contributed by atoms with Crippen LogP contribution in [0, 0.1) is 0 Å². The van der Waals surface area contributed by atoms with Crippen molar-refractivity contribution in [3.05, 3.63) is 59.7 Å². The number of hydrogen-bond donors (Lipinski definition) is 1. The lowest BCUT2D eigenvalue weighted by Crippen LogP contribution is -3.13. The van der Waals surface area contributed by atoms with Crippen molar-refractivity contribution in [3.63, 3.8) is 0 Å². The molecule has 1 fully saturated rings. The molecule has 1 N–H and O–H groups in total. The molecule has 1 atom stereocenters. The number of methoxy groups -OCH3 is 2. The monoisotopic (exact) mass is 412 g/mol. The molecule has 0 aliphatic carbocycles. The smallest absolute Gasteiger partial charge is 0.266 e. The maximum atomic E-state index is 12.7. The number of rotatable bonds is 8. The molecule has 7 heteroatoms. The van der Waals surface area contributed by atoms with E-state index in [0.717, 1.165) is 38.3 Å². The minimum atomic E-state index is -0.645. The Morgan fingerprint density at radius 2 is 1.83 bits per heavy atom. The van der Waals surface area contributed by atoms with Crippen LogP contribution in [0.3, 0.4) is 0 Å². The molecule has 0 spiro atoms. The fourth-order valence-corrected chi connectivity index (χ4v) is 3.60. The van der Waals surface area contributed by atoms with Crippen LogP contribution in [0.15, 0.2) is 53.7 Å². The molecule has 0 radical (unpaired) electrons. The molecule has 1 aliphatic rings. The highest BCUT2D eigenvalue weighted by atomic mass is 16.6. The molecule has 160 valence electrons. The van der Waals surface area contributed by atoms with Gasteiger partial charge in [0.1, 0.15) is 6.54 Å². The van der Waals surface area contributed by atoms with Crippen molar-refractivity contribution in [1.82, 2.24) is 4.90 Å². The van der Waals surface area contributed by atoms with Crippen molar-refractivity contribution >= 4 is 12.1 Å². The van der Waals surface area contributed by atoms with Crippen molar-refractivity contribution in [3.8, 4) is 11.5 Å². The minimum absolute atomic E-state index is 0.0384. The number of carbonyl (C=O) groups excluding carboxylic acids is 1. The summed E-state index contributed by atoms with van der Waals surface area (Å²) in [6, 6.07) is 16.0. The lowest BCUT2D eigenvalue weighted by molar-refractivity contribution is -0.917. The van der Waals surface area contributed by atoms with E-state index in [-0.39, 0.29) is 5.91 Å². The molecule has 0 unspecified atom stereocenters. The number of nitrogens with zero attached hydrogens (tertiary/aromatic N) is 2. The average Bonchev–Trinajstić information content (AvgIpc) is 2.79. The molecule has 1 heterocycles. The molecule has 2 aromatic rings. The van der Waals surface area contributed by atoms with Gasteiger partial charge in [-0.3, -0.25) is 4.79 Å². The van der Waals surface area contributed by atoms with E-state index in [1.54, 1.807) is 21.1 Å². The first-order valence-corrected chi connectivity index (χ1v) is 10.2. The van der Waals surface area contributed by atoms with E-state index in [9.17, 15) is 4.79 Å². The van der Waals surface area contributed by atoms with Crippen molar-refractivity contribution in [2.45, 2.75) is 19.6 Å². The summed E-state index contributed by atoms with van der Waals surface area (Å²) < 4.78 is 10.6. The van der Waals surface area contributed by atoms with Gasteiger partial charge in [0, 0.05) is 11.1 Å². The van der Waals surface area contributed by atoms with Gasteiger partial charge in [-0.15, -0.1) is 0 Å². The largest absolute Gasteiger partial charge is 0.493 e. The zero-order chi connectivity index (χ0) is 21.3. The Hall–Kier alpha value is -3.06. The summed E-state index contributed by atoms with van der Waals surface area (Å²) in [6.07, 6.45) is 0.890. The van der Waals surface area contributed by atoms with Gasteiger partial charge in [0.05, 0.1) is 46.6 Å². The van der Waals surface area contributed by atoms with Crippen LogP contribution in [0.1, 0.15) is 18.1 Å². The van der Waals surface area contributed by atoms with Crippen LogP contribution in [-0.2, 0) is 16.2 Å². The second-order valence-corrected chi connectivity index (χ2v) is 7.30. The van der Waals surface area contributed by atoms with Crippen LogP contribution in [0.25, 0.3) is 0 Å². The zero-order valence-corrected chi connectivity index (χ0v) is 17.8. The van der Waals surface area contributed by atoms with E-state index >= 15 is 0 Å². The molecule has 2 aromatic carbocycles. The number of para-hydroxylation sites is 1. The molecule has 0 saturated carbocycles. The highest BCUT2D eigenvalue weighted by molar-refractivity contribution is 5.85. The van der Waals surface area contributed by atoms with Crippen LogP contribution in [0.2, 0.25) is 0 Å². The Morgan fingerprint density at radius 1 is 1.10 bits per heavy atom. The summed E-state index contributed by atoms with van der Waals surface area (Å²) >= 11 is 0. The Kier molecular flexibility index (Phi) is 7.68. The number of ether oxygens (including phenoxy) is 2. The van der Waals surface area contributed by atoms with Gasteiger partial charge in [0.15, 0.2) is 11.5 Å². The third-order valence-electron chi connectivity index (χ3n) is 5.27. The molecular weight excluding hydrogens is 382 g/mol. The SMILES string of the molecule is COc1cccc(/C=N\O[C@@H](C)C(=O)N2CC[NH+](Cc3ccccc3)CC2)c1OC. The van der Waals surface area contributed by atoms with Crippen LogP contribution in [-0.4, -0.2) is 63.5 Å². The molecule has 1 amide bonds. The molecule has 3 rings (SSSR count). The Balaban J connectivity index is 1.49. The molecule has 0 bridgehead atoms. The number of carbonyl (C=O) groups is 1. The maximum absolute atomic E-state index is 12.7. The summed E-state index contributed by atoms with van der Waals surface area (Å²) in [5.41, 5.74) is 2.04. The average molecular weight is 413 g/mol. The summed E-state index contributed by atoms with van der Waals surface area (Å²) in [7, 11) is 3.15. The van der Waals surface area contributed by atoms with Gasteiger partial charge in [-0.2, -0.15) is 0 Å². The summed E-state index contributed by atoms with van der Waals surface area (Å²) in [6.45, 7) is 6.02. The van der Waals surface area contributed by atoms with E-state index < -0.39 is 6.10 Å². The number of piperazine rings is 1. The standard InChI is InChI=1S/C23H29N3O4/c1-18(30-24-16-20-10-7-11-21(28-2)22(20)29-3)23(27)26-14-12-25(13-15-26)17-19-8-5-4-6-9-19/h4-11,16,18H,12-15,17H2,1-3H3/p+1/b24-16-/t18-/m0/s1. The summed E-state index contributed by atoms with van der Waals surface area (Å²) in [4.78, 5) is 21.5. The van der Waals surface area contributed by atoms with E-state index in [4.69, 9.17) is 14.3 Å². The van der Waals surface area contributed by atoms with Crippen molar-refractivity contribution < 1.29 is 24.0 Å². The topological polar surface area (TPSA) is 64.8 Å². The molecule has 1 saturated heterocycles. The highest BCUT2D eigenvalue weighted by Crippen LogP contribution is 2.29. The number of hydrogen-bond acceptors (Lipinski definition) is 5. The second kappa shape index (κ2) is 10.6. The van der Waals surface area contributed by atoms with Crippen LogP contribution in [0.4, 0.5) is 0 Å². The summed E-state index contributed by atoms with van der Waals surface area (Å²) in [5, 5.41) is 4.00. The molecule has 0 aromatic heterocycles. The second-order valence-electron chi connectivity index (χ2n) is 7.30. The lowest BCUT2D eigenvalue weighted by atomic mass is 10.2. The maximum Gasteiger partial charge on any atom is 0.266 e. The number of oxime groups is 1. The quantitative estimate of drug-likeness (QED) is 0.526. The Morgan fingerprint density at radius 3 is 2.50 bits per heavy atom. The predicted molar refractivity (Wildman–Crippen MR) is 115 cm³/mol. The predicted octanol–water partition coefficient (Wildman–Crippen LogP) is 1.37. The highest BCUT2D eigenvalue weighted by Gasteiger charge is 2.28. The van der Waals surface area contributed by atoms with E-state index in [1.165, 1.54) is 16.7 Å². The van der Waals surface area contributed by atoms with Gasteiger partial charge in [-0.25, -0.2) is 0 Å². The van der Waals surface area contributed by atoms with Gasteiger partial charge < -0.3 is 24.1 Å². The first-order valence-electron chi connectivity index (χ1n) is 10.2. The fourth-order valence-electron chi connectivity index (χ4n) is 3.60. The Labute approximate surface area is 177 Å². The first kappa shape index (κ1) is 21.6. The number of quaternary nitrogens is 1. The Bertz CT molecular complexity index is 849. The van der Waals surface area contributed by atoms with Gasteiger partial charge in [0.25, 0.3) is 5.91 Å². The molecule has 30 heavy (non-hydrogen) atoms. The molecule has 7 nitrogen and oxygen atoms in total. The van der Waals surface area contributed by atoms with Crippen molar-refractivity contribution in [2.75, 3.05) is 40.4 Å². The van der Waals surface area contributed by atoms with Crippen LogP contribution >= 0.6 is 0 Å². The van der Waals surface area contributed by atoms with Crippen LogP contribution in [0.5, 0.6) is 11.5 Å². The lowest BCUT2D eigenvalue weighted by Gasteiger charge is -2.33. The fraction of sp³-hybridized carbons (Fsp3) is 0.391. The van der Waals surface area contributed by atoms with Gasteiger partial charge in [-0.1, -0.05) is 41.6 Å². The third-order valence-corrected chi connectivity index (χ3v) is 5.27. The molecule has 1 aliphatic heterocycles. The first-order chi connectivity index (χ1) is 14.6. The van der Waals surface area contributed by atoms with Crippen molar-refractivity contribution in [1.29, 1.82) is 0 Å².